The Balaban J connectivity index is 2.47. The molecule has 0 aliphatic carbocycles. The van der Waals surface area contributed by atoms with E-state index in [1.807, 2.05) is 48.5 Å². The molecule has 1 aliphatic rings. The molecule has 1 atom stereocenters. The van der Waals surface area contributed by atoms with Crippen molar-refractivity contribution in [1.82, 2.24) is 0 Å². The first kappa shape index (κ1) is 9.26. The van der Waals surface area contributed by atoms with Gasteiger partial charge in [0, 0.05) is 9.79 Å². The maximum atomic E-state index is 12.6. The Kier molecular flexibility index (Phi) is 1.86. The zero-order valence-electron chi connectivity index (χ0n) is 8.05. The fraction of sp³-hybridized carbons (Fsp3) is 0. The Labute approximate surface area is 91.9 Å². The van der Waals surface area contributed by atoms with E-state index in [1.165, 1.54) is 0 Å². The van der Waals surface area contributed by atoms with Gasteiger partial charge in [-0.2, -0.15) is 0 Å². The average molecular weight is 234 g/mol. The van der Waals surface area contributed by atoms with Crippen molar-refractivity contribution >= 4 is 18.0 Å². The van der Waals surface area contributed by atoms with Crippen molar-refractivity contribution in [2.75, 3.05) is 0 Å². The minimum atomic E-state index is -2.41. The summed E-state index contributed by atoms with van der Waals surface area (Å²) in [4.78, 5) is 1.94. The Bertz CT molecular complexity index is 542. The van der Waals surface area contributed by atoms with Gasteiger partial charge in [-0.25, -0.2) is 0 Å². The molecule has 1 aliphatic heterocycles. The van der Waals surface area contributed by atoms with Crippen molar-refractivity contribution in [1.29, 1.82) is 0 Å². The van der Waals surface area contributed by atoms with Crippen LogP contribution >= 0.6 is 8.44 Å². The van der Waals surface area contributed by atoms with Gasteiger partial charge in [-0.05, 0) is 32.8 Å². The van der Waals surface area contributed by atoms with Crippen LogP contribution in [0.25, 0.3) is 11.1 Å². The van der Waals surface area contributed by atoms with Crippen molar-refractivity contribution in [3.05, 3.63) is 48.5 Å². The van der Waals surface area contributed by atoms with E-state index in [0.717, 1.165) is 20.9 Å². The molecule has 3 rings (SSSR count). The lowest BCUT2D eigenvalue weighted by atomic mass is 10.1. The topological polar surface area (TPSA) is 17.1 Å². The van der Waals surface area contributed by atoms with Crippen molar-refractivity contribution in [3.63, 3.8) is 0 Å². The van der Waals surface area contributed by atoms with Gasteiger partial charge in [-0.15, -0.1) is 0 Å². The van der Waals surface area contributed by atoms with E-state index < -0.39 is 9.55 Å². The van der Waals surface area contributed by atoms with Crippen LogP contribution in [-0.2, 0) is 9.55 Å². The second kappa shape index (κ2) is 3.01. The summed E-state index contributed by atoms with van der Waals surface area (Å²) >= 11 is 0. The van der Waals surface area contributed by atoms with Crippen molar-refractivity contribution < 1.29 is 4.21 Å². The molecule has 0 saturated carbocycles. The summed E-state index contributed by atoms with van der Waals surface area (Å²) < 4.78 is 12.6. The van der Waals surface area contributed by atoms with E-state index in [1.54, 1.807) is 0 Å². The van der Waals surface area contributed by atoms with Gasteiger partial charge < -0.3 is 0 Å². The molecule has 0 aromatic heterocycles. The predicted octanol–water partition coefficient (Wildman–Crippen LogP) is 2.89. The van der Waals surface area contributed by atoms with E-state index in [-0.39, 0.29) is 0 Å². The molecule has 0 fully saturated rings. The first-order chi connectivity index (χ1) is 7.21. The fourth-order valence-electron chi connectivity index (χ4n) is 2.11. The largest absolute Gasteiger partial charge is 0.273 e. The molecule has 0 bridgehead atoms. The third-order valence-electron chi connectivity index (χ3n) is 2.81. The highest BCUT2D eigenvalue weighted by molar-refractivity contribution is 8.45. The second-order valence-electron chi connectivity index (χ2n) is 3.69. The van der Waals surface area contributed by atoms with Gasteiger partial charge >= 0.3 is 0 Å². The van der Waals surface area contributed by atoms with E-state index in [2.05, 4.69) is 8.44 Å². The SMILES string of the molecule is O=[SH]1(P)c2ccccc2-c2ccccc21. The standard InChI is InChI=1S/C12H11OPS/c13-15(14)11-7-3-1-5-9(11)10-6-2-4-8-12(10)15/h1-8,15H,14H2. The smallest absolute Gasteiger partial charge is 0.0297 e. The molecule has 0 N–H and O–H groups in total. The van der Waals surface area contributed by atoms with E-state index in [0.29, 0.717) is 0 Å². The first-order valence-electron chi connectivity index (χ1n) is 4.79. The van der Waals surface area contributed by atoms with Gasteiger partial charge in [0.05, 0.1) is 0 Å². The molecule has 3 heteroatoms. The molecule has 0 radical (unpaired) electrons. The van der Waals surface area contributed by atoms with Gasteiger partial charge in [-0.3, -0.25) is 4.21 Å². The van der Waals surface area contributed by atoms with Crippen LogP contribution in [-0.4, -0.2) is 4.21 Å². The maximum absolute atomic E-state index is 12.6. The van der Waals surface area contributed by atoms with Crippen molar-refractivity contribution in [2.24, 2.45) is 0 Å². The second-order valence-corrected chi connectivity index (χ2v) is 8.15. The molecule has 76 valence electrons. The van der Waals surface area contributed by atoms with E-state index in [9.17, 15) is 4.21 Å². The third-order valence-corrected chi connectivity index (χ3v) is 6.69. The lowest BCUT2D eigenvalue weighted by Gasteiger charge is -2.13. The molecule has 0 amide bonds. The predicted molar refractivity (Wildman–Crippen MR) is 67.7 cm³/mol. The molecular formula is C12H11OPS. The van der Waals surface area contributed by atoms with E-state index in [4.69, 9.17) is 0 Å². The zero-order chi connectivity index (χ0) is 10.5. The average Bonchev–Trinajstić information content (AvgIpc) is 2.51. The van der Waals surface area contributed by atoms with Gasteiger partial charge in [0.15, 0.2) is 0 Å². The minimum absolute atomic E-state index is 0.969. The Morgan fingerprint density at radius 1 is 0.800 bits per heavy atom. The highest BCUT2D eigenvalue weighted by atomic mass is 32.8. The van der Waals surface area contributed by atoms with Crippen LogP contribution in [0.4, 0.5) is 0 Å². The summed E-state index contributed by atoms with van der Waals surface area (Å²) in [5.41, 5.74) is 2.23. The molecule has 2 aromatic carbocycles. The van der Waals surface area contributed by atoms with Crippen LogP contribution in [0.15, 0.2) is 58.3 Å². The number of benzene rings is 2. The Morgan fingerprint density at radius 2 is 1.20 bits per heavy atom. The summed E-state index contributed by atoms with van der Waals surface area (Å²) in [5, 5.41) is 0. The first-order valence-corrected chi connectivity index (χ1v) is 8.12. The van der Waals surface area contributed by atoms with Gasteiger partial charge in [-0.1, -0.05) is 44.8 Å². The normalized spacial score (nSPS) is 17.9. The Morgan fingerprint density at radius 3 is 1.67 bits per heavy atom. The molecule has 2 aromatic rings. The molecule has 1 heterocycles. The lowest BCUT2D eigenvalue weighted by Crippen LogP contribution is -1.97. The molecule has 1 nitrogen and oxygen atoms in total. The van der Waals surface area contributed by atoms with Gasteiger partial charge in [0.1, 0.15) is 0 Å². The van der Waals surface area contributed by atoms with Crippen LogP contribution in [0.3, 0.4) is 0 Å². The minimum Gasteiger partial charge on any atom is -0.273 e. The molecule has 0 spiro atoms. The Hall–Kier alpha value is -0.980. The molecular weight excluding hydrogens is 223 g/mol. The zero-order valence-corrected chi connectivity index (χ0v) is 10.1. The maximum Gasteiger partial charge on any atom is 0.0297 e. The number of hydrogen-bond acceptors (Lipinski definition) is 1. The molecule has 0 saturated heterocycles. The van der Waals surface area contributed by atoms with E-state index >= 15 is 0 Å². The highest BCUT2D eigenvalue weighted by Gasteiger charge is 2.29. The highest BCUT2D eigenvalue weighted by Crippen LogP contribution is 2.50. The van der Waals surface area contributed by atoms with Crippen LogP contribution in [0.1, 0.15) is 0 Å². The summed E-state index contributed by atoms with van der Waals surface area (Å²) in [6, 6.07) is 15.9. The van der Waals surface area contributed by atoms with Crippen LogP contribution in [0.5, 0.6) is 0 Å². The summed E-state index contributed by atoms with van der Waals surface area (Å²) in [6.45, 7) is 0. The van der Waals surface area contributed by atoms with Crippen LogP contribution < -0.4 is 0 Å². The third kappa shape index (κ3) is 1.15. The number of hydrogen-bond donors (Lipinski definition) is 1. The summed E-state index contributed by atoms with van der Waals surface area (Å²) in [6.07, 6.45) is 0. The quantitative estimate of drug-likeness (QED) is 0.548. The monoisotopic (exact) mass is 234 g/mol. The number of fused-ring (bicyclic) bond motifs is 3. The fourth-order valence-corrected chi connectivity index (χ4v) is 5.44. The number of thiol groups is 1. The van der Waals surface area contributed by atoms with Crippen LogP contribution in [0.2, 0.25) is 0 Å². The lowest BCUT2D eigenvalue weighted by molar-refractivity contribution is 0.682. The van der Waals surface area contributed by atoms with Crippen molar-refractivity contribution in [2.45, 2.75) is 9.79 Å². The van der Waals surface area contributed by atoms with Gasteiger partial charge in [0.2, 0.25) is 0 Å². The summed E-state index contributed by atoms with van der Waals surface area (Å²) in [5.74, 6) is 0. The number of rotatable bonds is 0. The van der Waals surface area contributed by atoms with Crippen LogP contribution in [0, 0.1) is 0 Å². The van der Waals surface area contributed by atoms with Crippen molar-refractivity contribution in [3.8, 4) is 11.1 Å². The summed E-state index contributed by atoms with van der Waals surface area (Å²) in [7, 11) is 0.135. The molecule has 1 unspecified atom stereocenters. The molecule has 15 heavy (non-hydrogen) atoms. The van der Waals surface area contributed by atoms with Gasteiger partial charge in [0.25, 0.3) is 0 Å².